The molecule has 0 spiro atoms. The summed E-state index contributed by atoms with van der Waals surface area (Å²) in [4.78, 5) is 55.6. The molecule has 1 saturated heterocycles. The van der Waals surface area contributed by atoms with Gasteiger partial charge in [-0.05, 0) is 88.3 Å². The van der Waals surface area contributed by atoms with Crippen LogP contribution in [0.2, 0.25) is 0 Å². The lowest BCUT2D eigenvalue weighted by molar-refractivity contribution is -0.137. The number of nitrogens with one attached hydrogen (secondary N) is 3. The van der Waals surface area contributed by atoms with Crippen molar-refractivity contribution in [1.82, 2.24) is 20.4 Å². The number of sulfone groups is 1. The van der Waals surface area contributed by atoms with E-state index >= 15 is 0 Å². The fraction of sp³-hybridized carbons (Fsp3) is 0.529. The van der Waals surface area contributed by atoms with Gasteiger partial charge in [0.25, 0.3) is 5.91 Å². The van der Waals surface area contributed by atoms with E-state index in [-0.39, 0.29) is 48.4 Å². The van der Waals surface area contributed by atoms with Crippen molar-refractivity contribution in [3.05, 3.63) is 53.6 Å². The summed E-state index contributed by atoms with van der Waals surface area (Å²) in [6, 6.07) is 7.70. The van der Waals surface area contributed by atoms with Crippen LogP contribution in [0, 0.1) is 5.92 Å². The van der Waals surface area contributed by atoms with Crippen molar-refractivity contribution < 1.29 is 45.5 Å². The third-order valence-electron chi connectivity index (χ3n) is 8.57. The first kappa shape index (κ1) is 39.8. The minimum absolute atomic E-state index is 0.112. The van der Waals surface area contributed by atoms with Gasteiger partial charge in [0.1, 0.15) is 5.60 Å². The highest BCUT2D eigenvalue weighted by Gasteiger charge is 2.34. The average molecular weight is 756 g/mol. The first-order valence-corrected chi connectivity index (χ1v) is 19.4. The molecule has 1 aliphatic carbocycles. The molecule has 51 heavy (non-hydrogen) atoms. The third-order valence-corrected chi connectivity index (χ3v) is 11.2. The molecule has 280 valence electrons. The third kappa shape index (κ3) is 11.2. The highest BCUT2D eigenvalue weighted by molar-refractivity contribution is 7.98. The number of anilines is 1. The Bertz CT molecular complexity index is 1690. The number of hydrogen-bond donors (Lipinski definition) is 3. The smallest absolute Gasteiger partial charge is 0.416 e. The summed E-state index contributed by atoms with van der Waals surface area (Å²) in [5.41, 5.74) is -2.54. The number of carbonyl (C=O) groups is 4. The van der Waals surface area contributed by atoms with Gasteiger partial charge in [-0.15, -0.1) is 11.8 Å². The molecule has 2 aromatic carbocycles. The molecule has 3 N–H and O–H groups in total. The van der Waals surface area contributed by atoms with Gasteiger partial charge in [0.2, 0.25) is 5.91 Å². The lowest BCUT2D eigenvalue weighted by Crippen LogP contribution is -2.52. The summed E-state index contributed by atoms with van der Waals surface area (Å²) in [6.45, 7) is 5.15. The molecule has 2 aromatic rings. The monoisotopic (exact) mass is 755 g/mol. The number of benzene rings is 2. The van der Waals surface area contributed by atoms with Crippen LogP contribution in [-0.2, 0) is 25.5 Å². The van der Waals surface area contributed by atoms with E-state index in [9.17, 15) is 40.8 Å². The van der Waals surface area contributed by atoms with Crippen molar-refractivity contribution in [1.29, 1.82) is 0 Å². The predicted molar refractivity (Wildman–Crippen MR) is 186 cm³/mol. The molecule has 0 radical (unpaired) electrons. The number of carbonyl (C=O) groups excluding carboxylic acids is 4. The quantitative estimate of drug-likeness (QED) is 0.288. The fourth-order valence-corrected chi connectivity index (χ4v) is 8.02. The number of hydrogen-bond acceptors (Lipinski definition) is 8. The lowest BCUT2D eigenvalue weighted by atomic mass is 9.86. The molecule has 1 saturated carbocycles. The average Bonchev–Trinajstić information content (AvgIpc) is 3.07. The van der Waals surface area contributed by atoms with Crippen LogP contribution in [0.1, 0.15) is 62.4 Å². The number of urea groups is 1. The molecule has 5 amide bonds. The largest absolute Gasteiger partial charge is 0.444 e. The Labute approximate surface area is 300 Å². The molecular weight excluding hydrogens is 712 g/mol. The number of halogens is 3. The van der Waals surface area contributed by atoms with E-state index in [0.29, 0.717) is 18.9 Å². The van der Waals surface area contributed by atoms with Crippen molar-refractivity contribution in [2.24, 2.45) is 5.92 Å². The minimum atomic E-state index is -4.79. The van der Waals surface area contributed by atoms with E-state index in [1.807, 2.05) is 6.26 Å². The number of ether oxygens (including phenoxy) is 1. The summed E-state index contributed by atoms with van der Waals surface area (Å²) in [7, 11) is -3.65. The number of thioether (sulfide) groups is 1. The summed E-state index contributed by atoms with van der Waals surface area (Å²) >= 11 is 1.49. The van der Waals surface area contributed by atoms with Gasteiger partial charge in [-0.1, -0.05) is 12.8 Å². The molecule has 1 aliphatic heterocycles. The Morgan fingerprint density at radius 2 is 1.55 bits per heavy atom. The molecule has 4 rings (SSSR count). The first-order chi connectivity index (χ1) is 23.9. The summed E-state index contributed by atoms with van der Waals surface area (Å²) in [6.07, 6.45) is -0.783. The van der Waals surface area contributed by atoms with Crippen LogP contribution in [0.15, 0.2) is 52.3 Å². The highest BCUT2D eigenvalue weighted by atomic mass is 32.2. The second-order valence-electron chi connectivity index (χ2n) is 13.5. The number of piperazine rings is 1. The molecule has 0 unspecified atom stereocenters. The van der Waals surface area contributed by atoms with Gasteiger partial charge in [0, 0.05) is 37.1 Å². The summed E-state index contributed by atoms with van der Waals surface area (Å²) in [5, 5.41) is 7.63. The molecule has 0 aromatic heterocycles. The Morgan fingerprint density at radius 3 is 2.16 bits per heavy atom. The van der Waals surface area contributed by atoms with Crippen molar-refractivity contribution >= 4 is 51.2 Å². The zero-order valence-corrected chi connectivity index (χ0v) is 30.6. The Kier molecular flexibility index (Phi) is 12.9. The van der Waals surface area contributed by atoms with Gasteiger partial charge in [-0.25, -0.2) is 18.0 Å². The first-order valence-electron chi connectivity index (χ1n) is 16.6. The molecule has 2 atom stereocenters. The van der Waals surface area contributed by atoms with Crippen LogP contribution in [0.25, 0.3) is 0 Å². The lowest BCUT2D eigenvalue weighted by Gasteiger charge is -2.35. The number of nitrogens with zero attached hydrogens (tertiary/aromatic N) is 2. The maximum absolute atomic E-state index is 13.6. The van der Waals surface area contributed by atoms with E-state index in [2.05, 4.69) is 16.0 Å². The predicted octanol–water partition coefficient (Wildman–Crippen LogP) is 5.39. The molecule has 17 heteroatoms. The zero-order valence-electron chi connectivity index (χ0n) is 29.0. The van der Waals surface area contributed by atoms with E-state index in [1.54, 1.807) is 45.0 Å². The standard InChI is InChI=1S/C34H44F3N5O7S2/c1-33(2,3)49-32(46)42-17-15-41(16-18-42)31(45)40-28-14-9-23(34(35,36)37)19-26(28)30(44)38-20-29(43)39-27-8-6-5-7-22(27)21-51(47,48)25-12-10-24(50-4)11-13-25/h9-14,19,22,27H,5-8,15-18,20-21H2,1-4H3,(H,38,44)(H,39,43)(H,40,45)/t22-,27-/m0/s1. The maximum atomic E-state index is 13.6. The molecule has 1 heterocycles. The molecule has 2 aliphatic rings. The van der Waals surface area contributed by atoms with Gasteiger partial charge < -0.3 is 30.5 Å². The fourth-order valence-electron chi connectivity index (χ4n) is 5.90. The SMILES string of the molecule is CSc1ccc(S(=O)(=O)C[C@@H]2CCCC[C@@H]2NC(=O)CNC(=O)c2cc(C(F)(F)F)ccc2NC(=O)N2CCN(C(=O)OC(C)(C)C)CC2)cc1. The summed E-state index contributed by atoms with van der Waals surface area (Å²) in [5.74, 6) is -2.22. The van der Waals surface area contributed by atoms with Crippen LogP contribution in [0.4, 0.5) is 28.4 Å². The van der Waals surface area contributed by atoms with Crippen molar-refractivity contribution in [2.75, 3.05) is 50.0 Å². The topological polar surface area (TPSA) is 154 Å². The van der Waals surface area contributed by atoms with E-state index in [0.717, 1.165) is 29.9 Å². The van der Waals surface area contributed by atoms with Crippen molar-refractivity contribution in [3.8, 4) is 0 Å². The van der Waals surface area contributed by atoms with Crippen LogP contribution in [0.3, 0.4) is 0 Å². The minimum Gasteiger partial charge on any atom is -0.444 e. The van der Waals surface area contributed by atoms with Gasteiger partial charge in [0.05, 0.1) is 34.0 Å². The second kappa shape index (κ2) is 16.6. The van der Waals surface area contributed by atoms with Crippen LogP contribution >= 0.6 is 11.8 Å². The van der Waals surface area contributed by atoms with Crippen LogP contribution in [-0.4, -0.2) is 98.5 Å². The highest BCUT2D eigenvalue weighted by Crippen LogP contribution is 2.32. The summed E-state index contributed by atoms with van der Waals surface area (Å²) < 4.78 is 72.6. The second-order valence-corrected chi connectivity index (χ2v) is 16.4. The number of rotatable bonds is 9. The van der Waals surface area contributed by atoms with E-state index < -0.39 is 69.3 Å². The van der Waals surface area contributed by atoms with Gasteiger partial charge >= 0.3 is 18.3 Å². The van der Waals surface area contributed by atoms with Crippen LogP contribution < -0.4 is 16.0 Å². The molecule has 0 bridgehead atoms. The zero-order chi connectivity index (χ0) is 37.6. The van der Waals surface area contributed by atoms with Gasteiger partial charge in [-0.3, -0.25) is 9.59 Å². The van der Waals surface area contributed by atoms with E-state index in [1.165, 1.54) is 21.6 Å². The van der Waals surface area contributed by atoms with E-state index in [4.69, 9.17) is 4.74 Å². The van der Waals surface area contributed by atoms with Gasteiger partial charge in [0.15, 0.2) is 9.84 Å². The molecule has 2 fully saturated rings. The number of amides is 5. The van der Waals surface area contributed by atoms with Crippen LogP contribution in [0.5, 0.6) is 0 Å². The Balaban J connectivity index is 1.38. The Hall–Kier alpha value is -3.99. The molecular formula is C34H44F3N5O7S2. The van der Waals surface area contributed by atoms with Crippen molar-refractivity contribution in [2.45, 2.75) is 74.1 Å². The number of alkyl halides is 3. The normalized spacial score (nSPS) is 18.5. The van der Waals surface area contributed by atoms with Gasteiger partial charge in [-0.2, -0.15) is 13.2 Å². The maximum Gasteiger partial charge on any atom is 0.416 e. The molecule has 12 nitrogen and oxygen atoms in total. The Morgan fingerprint density at radius 1 is 0.922 bits per heavy atom. The van der Waals surface area contributed by atoms with Crippen molar-refractivity contribution in [3.63, 3.8) is 0 Å².